The molecule has 0 aromatic heterocycles. The summed E-state index contributed by atoms with van der Waals surface area (Å²) >= 11 is 0. The quantitative estimate of drug-likeness (QED) is 0.0785. The number of hydrogen-bond acceptors (Lipinski definition) is 13. The fourth-order valence-electron chi connectivity index (χ4n) is 5.66. The van der Waals surface area contributed by atoms with E-state index < -0.39 is 6.09 Å². The molecule has 2 rings (SSSR count). The fourth-order valence-corrected chi connectivity index (χ4v) is 5.66. The number of nitrogens with one attached hydrogen (secondary N) is 2. The van der Waals surface area contributed by atoms with Gasteiger partial charge in [0.1, 0.15) is 0 Å². The second-order valence-corrected chi connectivity index (χ2v) is 13.7. The number of amides is 3. The molecule has 0 bridgehead atoms. The number of hydrogen-bond donors (Lipinski definition) is 2. The normalized spacial score (nSPS) is 14.5. The van der Waals surface area contributed by atoms with Gasteiger partial charge >= 0.3 is 6.09 Å². The highest BCUT2D eigenvalue weighted by Gasteiger charge is 2.33. The van der Waals surface area contributed by atoms with E-state index >= 15 is 0 Å². The minimum Gasteiger partial charge on any atom is -0.493 e. The van der Waals surface area contributed by atoms with Crippen LogP contribution in [0.4, 0.5) is 4.79 Å². The molecule has 326 valence electrons. The van der Waals surface area contributed by atoms with Crippen LogP contribution in [0.2, 0.25) is 0 Å². The highest BCUT2D eigenvalue weighted by molar-refractivity contribution is 5.77. The lowest BCUT2D eigenvalue weighted by molar-refractivity contribution is -0.135. The van der Waals surface area contributed by atoms with Gasteiger partial charge in [0, 0.05) is 46.3 Å². The van der Waals surface area contributed by atoms with Crippen molar-refractivity contribution in [3.63, 3.8) is 0 Å². The van der Waals surface area contributed by atoms with Crippen molar-refractivity contribution in [3.8, 4) is 11.5 Å². The van der Waals surface area contributed by atoms with Gasteiger partial charge in [-0.3, -0.25) is 9.59 Å². The van der Waals surface area contributed by atoms with Crippen LogP contribution in [0.25, 0.3) is 0 Å². The summed E-state index contributed by atoms with van der Waals surface area (Å²) in [4.78, 5) is 42.1. The molecular weight excluding hydrogens is 740 g/mol. The second-order valence-electron chi connectivity index (χ2n) is 13.7. The first kappa shape index (κ1) is 49.8. The monoisotopic (exact) mass is 810 g/mol. The number of carbonyl (C=O) groups excluding carboxylic acids is 3. The Morgan fingerprint density at radius 2 is 1.37 bits per heavy atom. The minimum atomic E-state index is -0.524. The van der Waals surface area contributed by atoms with Gasteiger partial charge in [0.2, 0.25) is 11.8 Å². The van der Waals surface area contributed by atoms with Gasteiger partial charge < -0.3 is 63.1 Å². The number of allylic oxidation sites excluding steroid dienone is 2. The molecule has 1 aromatic rings. The topological polar surface area (TPSA) is 165 Å². The lowest BCUT2D eigenvalue weighted by Crippen LogP contribution is -2.59. The van der Waals surface area contributed by atoms with E-state index in [1.807, 2.05) is 0 Å². The van der Waals surface area contributed by atoms with Crippen LogP contribution in [-0.4, -0.2) is 167 Å². The van der Waals surface area contributed by atoms with E-state index in [2.05, 4.69) is 36.6 Å². The van der Waals surface area contributed by atoms with Crippen molar-refractivity contribution in [3.05, 3.63) is 35.9 Å². The molecule has 57 heavy (non-hydrogen) atoms. The molecule has 1 heterocycles. The number of unbranched alkanes of at least 4 members (excludes halogenated alkanes) is 2. The molecule has 0 radical (unpaired) electrons. The van der Waals surface area contributed by atoms with Crippen LogP contribution in [0.5, 0.6) is 11.5 Å². The average Bonchev–Trinajstić information content (AvgIpc) is 3.20. The summed E-state index contributed by atoms with van der Waals surface area (Å²) in [5.41, 5.74) is 0.828. The molecule has 3 amide bonds. The average molecular weight is 811 g/mol. The predicted molar refractivity (Wildman–Crippen MR) is 216 cm³/mol. The van der Waals surface area contributed by atoms with Crippen LogP contribution >= 0.6 is 0 Å². The standard InChI is InChI=1S/C41H70N4O12/c1-34(2)10-8-6-7-9-11-39(46)43-31-35-12-13-37(38(30-35)50-5)57-41(48)45-16-15-44(33-36(45)32-42-3)40(47)14-17-51-20-21-53-24-25-55-28-29-56-27-26-54-23-22-52-19-18-49-4/h8,10,12-13,30,34,36,42H,6-7,9,11,14-29,31-33H2,1-5H3,(H,43,46)/b10-8+. The molecule has 1 aromatic carbocycles. The van der Waals surface area contributed by atoms with E-state index in [9.17, 15) is 14.4 Å². The van der Waals surface area contributed by atoms with E-state index in [4.69, 9.17) is 42.6 Å². The third-order valence-corrected chi connectivity index (χ3v) is 8.72. The molecule has 0 spiro atoms. The first-order valence-electron chi connectivity index (χ1n) is 20.3. The van der Waals surface area contributed by atoms with Gasteiger partial charge in [0.15, 0.2) is 11.5 Å². The Kier molecular flexibility index (Phi) is 28.5. The number of rotatable bonds is 33. The summed E-state index contributed by atoms with van der Waals surface area (Å²) in [6.07, 6.45) is 7.31. The van der Waals surface area contributed by atoms with E-state index in [0.29, 0.717) is 130 Å². The molecule has 16 nitrogen and oxygen atoms in total. The van der Waals surface area contributed by atoms with Crippen molar-refractivity contribution in [1.29, 1.82) is 0 Å². The van der Waals surface area contributed by atoms with Crippen LogP contribution in [0.1, 0.15) is 51.5 Å². The Hall–Kier alpha value is -3.35. The first-order chi connectivity index (χ1) is 27.8. The van der Waals surface area contributed by atoms with Crippen molar-refractivity contribution < 1.29 is 57.0 Å². The summed E-state index contributed by atoms with van der Waals surface area (Å²) in [5.74, 6) is 1.16. The van der Waals surface area contributed by atoms with E-state index in [-0.39, 0.29) is 36.6 Å². The smallest absolute Gasteiger partial charge is 0.415 e. The molecule has 1 fully saturated rings. The largest absolute Gasteiger partial charge is 0.493 e. The maximum Gasteiger partial charge on any atom is 0.415 e. The zero-order valence-corrected chi connectivity index (χ0v) is 35.1. The number of methoxy groups -OCH3 is 2. The van der Waals surface area contributed by atoms with E-state index in [0.717, 1.165) is 24.8 Å². The number of likely N-dealkylation sites (N-methyl/N-ethyl adjacent to an activating group) is 1. The van der Waals surface area contributed by atoms with Crippen LogP contribution in [0.15, 0.2) is 30.4 Å². The summed E-state index contributed by atoms with van der Waals surface area (Å²) < 4.78 is 49.1. The minimum absolute atomic E-state index is 0.00495. The van der Waals surface area contributed by atoms with Crippen LogP contribution in [-0.2, 0) is 49.3 Å². The van der Waals surface area contributed by atoms with Gasteiger partial charge in [-0.2, -0.15) is 0 Å². The van der Waals surface area contributed by atoms with Gasteiger partial charge in [0.05, 0.1) is 105 Å². The number of ether oxygens (including phenoxy) is 9. The lowest BCUT2D eigenvalue weighted by atomic mass is 10.1. The number of benzene rings is 1. The van der Waals surface area contributed by atoms with E-state index in [1.54, 1.807) is 42.2 Å². The van der Waals surface area contributed by atoms with Gasteiger partial charge in [-0.05, 0) is 49.9 Å². The molecule has 1 atom stereocenters. The van der Waals surface area contributed by atoms with Crippen molar-refractivity contribution in [2.24, 2.45) is 5.92 Å². The summed E-state index contributed by atoms with van der Waals surface area (Å²) in [5, 5.41) is 6.07. The summed E-state index contributed by atoms with van der Waals surface area (Å²) in [6, 6.07) is 4.94. The molecular formula is C41H70N4O12. The fraction of sp³-hybridized carbons (Fsp3) is 0.732. The van der Waals surface area contributed by atoms with Gasteiger partial charge in [-0.25, -0.2) is 4.79 Å². The Morgan fingerprint density at radius 3 is 1.93 bits per heavy atom. The van der Waals surface area contributed by atoms with Crippen LogP contribution in [0.3, 0.4) is 0 Å². The molecule has 0 aliphatic carbocycles. The second kappa shape index (κ2) is 32.6. The third-order valence-electron chi connectivity index (χ3n) is 8.72. The molecule has 1 unspecified atom stereocenters. The number of piperazine rings is 1. The first-order valence-corrected chi connectivity index (χ1v) is 20.3. The molecule has 1 aliphatic heterocycles. The Labute approximate surface area is 340 Å². The zero-order chi connectivity index (χ0) is 41.4. The Morgan fingerprint density at radius 1 is 0.772 bits per heavy atom. The summed E-state index contributed by atoms with van der Waals surface area (Å²) in [7, 11) is 4.94. The molecule has 1 saturated heterocycles. The Balaban J connectivity index is 1.59. The molecule has 16 heteroatoms. The number of carbonyl (C=O) groups is 3. The van der Waals surface area contributed by atoms with Crippen molar-refractivity contribution in [2.45, 2.75) is 58.5 Å². The number of nitrogens with zero attached hydrogens (tertiary/aromatic N) is 2. The lowest BCUT2D eigenvalue weighted by Gasteiger charge is -2.40. The maximum atomic E-state index is 13.4. The van der Waals surface area contributed by atoms with Gasteiger partial charge in [-0.1, -0.05) is 32.1 Å². The van der Waals surface area contributed by atoms with Crippen molar-refractivity contribution in [2.75, 3.05) is 133 Å². The third kappa shape index (κ3) is 23.6. The SMILES string of the molecule is CNCC1CN(C(=O)CCOCCOCCOCCOCCOCCOCCOC)CCN1C(=O)Oc1ccc(CNC(=O)CCCC/C=C/C(C)C)cc1OC. The summed E-state index contributed by atoms with van der Waals surface area (Å²) in [6.45, 7) is 12.2. The predicted octanol–water partition coefficient (Wildman–Crippen LogP) is 3.45. The maximum absolute atomic E-state index is 13.4. The van der Waals surface area contributed by atoms with Crippen molar-refractivity contribution in [1.82, 2.24) is 20.4 Å². The molecule has 0 saturated carbocycles. The Bertz CT molecular complexity index is 1250. The van der Waals surface area contributed by atoms with Crippen molar-refractivity contribution >= 4 is 17.9 Å². The zero-order valence-electron chi connectivity index (χ0n) is 35.1. The van der Waals surface area contributed by atoms with Crippen LogP contribution in [0, 0.1) is 5.92 Å². The van der Waals surface area contributed by atoms with E-state index in [1.165, 1.54) is 7.11 Å². The van der Waals surface area contributed by atoms with Gasteiger partial charge in [-0.15, -0.1) is 0 Å². The van der Waals surface area contributed by atoms with Crippen LogP contribution < -0.4 is 20.1 Å². The van der Waals surface area contributed by atoms with Gasteiger partial charge in [0.25, 0.3) is 0 Å². The highest BCUT2D eigenvalue weighted by atomic mass is 16.6. The molecule has 2 N–H and O–H groups in total. The highest BCUT2D eigenvalue weighted by Crippen LogP contribution is 2.29. The molecule has 1 aliphatic rings.